The van der Waals surface area contributed by atoms with Gasteiger partial charge in [-0.15, -0.1) is 0 Å². The highest BCUT2D eigenvalue weighted by Gasteiger charge is 2.59. The lowest BCUT2D eigenvalue weighted by molar-refractivity contribution is -0.170. The molecule has 132 valence electrons. The largest absolute Gasteiger partial charge is 0.378 e. The van der Waals surface area contributed by atoms with Crippen LogP contribution in [0.2, 0.25) is 0 Å². The van der Waals surface area contributed by atoms with Crippen LogP contribution in [0.3, 0.4) is 0 Å². The number of aromatic nitrogens is 2. The molecule has 2 amide bonds. The monoisotopic (exact) mass is 332 g/mol. The van der Waals surface area contributed by atoms with Crippen molar-refractivity contribution in [3.8, 4) is 0 Å². The van der Waals surface area contributed by atoms with E-state index in [-0.39, 0.29) is 11.4 Å². The average molecular weight is 332 g/mol. The second-order valence-corrected chi connectivity index (χ2v) is 7.50. The molecule has 1 spiro atoms. The third kappa shape index (κ3) is 2.61. The molecule has 1 N–H and O–H groups in total. The zero-order chi connectivity index (χ0) is 16.6. The average Bonchev–Trinajstić information content (AvgIpc) is 3.06. The molecule has 0 aromatic carbocycles. The molecule has 1 aliphatic heterocycles. The van der Waals surface area contributed by atoms with Crippen molar-refractivity contribution >= 4 is 6.03 Å². The van der Waals surface area contributed by atoms with Gasteiger partial charge >= 0.3 is 6.03 Å². The summed E-state index contributed by atoms with van der Waals surface area (Å²) >= 11 is 0. The van der Waals surface area contributed by atoms with Crippen LogP contribution in [0, 0.1) is 5.41 Å². The number of ether oxygens (including phenoxy) is 1. The fraction of sp³-hybridized carbons (Fsp3) is 0.778. The Morgan fingerprint density at radius 2 is 2.17 bits per heavy atom. The molecule has 2 saturated carbocycles. The van der Waals surface area contributed by atoms with Gasteiger partial charge in [0, 0.05) is 49.6 Å². The van der Waals surface area contributed by atoms with Crippen molar-refractivity contribution < 1.29 is 9.53 Å². The highest BCUT2D eigenvalue weighted by molar-refractivity contribution is 5.75. The fourth-order valence-corrected chi connectivity index (χ4v) is 4.73. The van der Waals surface area contributed by atoms with E-state index in [0.717, 1.165) is 39.0 Å². The number of carbonyl (C=O) groups excluding carboxylic acids is 1. The lowest BCUT2D eigenvalue weighted by Gasteiger charge is -2.61. The third-order valence-corrected chi connectivity index (χ3v) is 6.43. The first-order chi connectivity index (χ1) is 11.7. The van der Waals surface area contributed by atoms with Gasteiger partial charge in [-0.3, -0.25) is 0 Å². The van der Waals surface area contributed by atoms with Gasteiger partial charge in [-0.1, -0.05) is 6.42 Å². The van der Waals surface area contributed by atoms with Crippen molar-refractivity contribution in [1.82, 2.24) is 19.8 Å². The van der Waals surface area contributed by atoms with Crippen LogP contribution >= 0.6 is 0 Å². The number of nitrogens with one attached hydrogen (secondary N) is 1. The smallest absolute Gasteiger partial charge is 0.317 e. The number of amides is 2. The van der Waals surface area contributed by atoms with Crippen molar-refractivity contribution in [3.05, 3.63) is 18.7 Å². The van der Waals surface area contributed by atoms with Gasteiger partial charge in [0.25, 0.3) is 0 Å². The maximum atomic E-state index is 12.6. The second-order valence-electron chi connectivity index (χ2n) is 7.50. The topological polar surface area (TPSA) is 59.4 Å². The number of carbonyl (C=O) groups is 1. The molecule has 2 aliphatic carbocycles. The highest BCUT2D eigenvalue weighted by Crippen LogP contribution is 2.57. The highest BCUT2D eigenvalue weighted by atomic mass is 16.5. The van der Waals surface area contributed by atoms with Gasteiger partial charge in [0.15, 0.2) is 0 Å². The molecule has 6 nitrogen and oxygen atoms in total. The third-order valence-electron chi connectivity index (χ3n) is 6.43. The van der Waals surface area contributed by atoms with Gasteiger partial charge in [-0.25, -0.2) is 9.78 Å². The molecule has 6 heteroatoms. The lowest BCUT2D eigenvalue weighted by atomic mass is 9.51. The molecule has 2 heterocycles. The molecular weight excluding hydrogens is 304 g/mol. The maximum absolute atomic E-state index is 12.6. The Balaban J connectivity index is 1.28. The van der Waals surface area contributed by atoms with E-state index < -0.39 is 0 Å². The molecular formula is C18H28N4O2. The number of imidazole rings is 1. The minimum Gasteiger partial charge on any atom is -0.378 e. The zero-order valence-corrected chi connectivity index (χ0v) is 14.5. The summed E-state index contributed by atoms with van der Waals surface area (Å²) in [5.74, 6) is 0. The predicted octanol–water partition coefficient (Wildman–Crippen LogP) is 2.58. The Morgan fingerprint density at radius 1 is 1.38 bits per heavy atom. The van der Waals surface area contributed by atoms with Crippen molar-refractivity contribution in [2.75, 3.05) is 19.7 Å². The van der Waals surface area contributed by atoms with E-state index in [9.17, 15) is 4.79 Å². The maximum Gasteiger partial charge on any atom is 0.317 e. The minimum absolute atomic E-state index is 0.116. The number of likely N-dealkylation sites (tertiary alicyclic amines) is 1. The van der Waals surface area contributed by atoms with Gasteiger partial charge < -0.3 is 19.5 Å². The van der Waals surface area contributed by atoms with Gasteiger partial charge in [0.05, 0.1) is 12.4 Å². The fourth-order valence-electron chi connectivity index (χ4n) is 4.73. The number of hydrogen-bond acceptors (Lipinski definition) is 3. The quantitative estimate of drug-likeness (QED) is 0.922. The van der Waals surface area contributed by atoms with E-state index >= 15 is 0 Å². The summed E-state index contributed by atoms with van der Waals surface area (Å²) in [6, 6.07) is 0.896. The number of nitrogens with zero attached hydrogens (tertiary/aromatic N) is 3. The molecule has 1 aromatic rings. The lowest BCUT2D eigenvalue weighted by Crippen LogP contribution is -2.68. The number of rotatable bonds is 4. The summed E-state index contributed by atoms with van der Waals surface area (Å²) < 4.78 is 8.04. The second kappa shape index (κ2) is 6.39. The molecule has 1 saturated heterocycles. The summed E-state index contributed by atoms with van der Waals surface area (Å²) in [6.45, 7) is 4.48. The van der Waals surface area contributed by atoms with Crippen molar-refractivity contribution in [3.63, 3.8) is 0 Å². The minimum atomic E-state index is 0.116. The molecule has 0 radical (unpaired) electrons. The Kier molecular flexibility index (Phi) is 4.24. The van der Waals surface area contributed by atoms with Crippen molar-refractivity contribution in [2.24, 2.45) is 5.41 Å². The predicted molar refractivity (Wildman–Crippen MR) is 90.7 cm³/mol. The summed E-state index contributed by atoms with van der Waals surface area (Å²) in [4.78, 5) is 18.7. The van der Waals surface area contributed by atoms with Crippen LogP contribution in [0.5, 0.6) is 0 Å². The standard InChI is InChI=1S/C18H28N4O2/c1-2-24-16-12-15(18(16)6-3-7-18)20-17(23)21-9-4-14(5-10-21)22-11-8-19-13-22/h8,11,13-16H,2-7,9-10,12H2,1H3,(H,20,23)/t15-,16+/m1/s1. The molecule has 24 heavy (non-hydrogen) atoms. The van der Waals surface area contributed by atoms with Crippen LogP contribution in [0.15, 0.2) is 18.7 Å². The summed E-state index contributed by atoms with van der Waals surface area (Å²) in [7, 11) is 0. The van der Waals surface area contributed by atoms with Crippen LogP contribution in [-0.2, 0) is 4.74 Å². The van der Waals surface area contributed by atoms with Gasteiger partial charge in [-0.2, -0.15) is 0 Å². The van der Waals surface area contributed by atoms with Crippen molar-refractivity contribution in [1.29, 1.82) is 0 Å². The van der Waals surface area contributed by atoms with E-state index in [1.165, 1.54) is 19.3 Å². The molecule has 1 aromatic heterocycles. The van der Waals surface area contributed by atoms with Gasteiger partial charge in [-0.05, 0) is 39.0 Å². The zero-order valence-electron chi connectivity index (χ0n) is 14.5. The molecule has 2 atom stereocenters. The van der Waals surface area contributed by atoms with Gasteiger partial charge in [0.1, 0.15) is 0 Å². The van der Waals surface area contributed by atoms with E-state index in [4.69, 9.17) is 4.74 Å². The van der Waals surface area contributed by atoms with E-state index in [1.807, 2.05) is 23.6 Å². The Labute approximate surface area is 143 Å². The first-order valence-corrected chi connectivity index (χ1v) is 9.37. The summed E-state index contributed by atoms with van der Waals surface area (Å²) in [6.07, 6.45) is 12.7. The van der Waals surface area contributed by atoms with Crippen LogP contribution in [-0.4, -0.2) is 52.3 Å². The van der Waals surface area contributed by atoms with E-state index in [1.54, 1.807) is 0 Å². The van der Waals surface area contributed by atoms with Crippen LogP contribution in [0.4, 0.5) is 4.79 Å². The normalized spacial score (nSPS) is 29.1. The summed E-state index contributed by atoms with van der Waals surface area (Å²) in [5, 5.41) is 3.30. The molecule has 3 aliphatic rings. The molecule has 0 bridgehead atoms. The number of piperidine rings is 1. The van der Waals surface area contributed by atoms with Crippen molar-refractivity contribution in [2.45, 2.75) is 63.6 Å². The number of hydrogen-bond donors (Lipinski definition) is 1. The Hall–Kier alpha value is -1.56. The van der Waals surface area contributed by atoms with Gasteiger partial charge in [0.2, 0.25) is 0 Å². The van der Waals surface area contributed by atoms with Crippen LogP contribution < -0.4 is 5.32 Å². The first-order valence-electron chi connectivity index (χ1n) is 9.37. The Morgan fingerprint density at radius 3 is 2.75 bits per heavy atom. The molecule has 0 unspecified atom stereocenters. The van der Waals surface area contributed by atoms with Crippen LogP contribution in [0.25, 0.3) is 0 Å². The van der Waals surface area contributed by atoms with E-state index in [0.29, 0.717) is 18.2 Å². The number of urea groups is 1. The first kappa shape index (κ1) is 15.9. The summed E-state index contributed by atoms with van der Waals surface area (Å²) in [5.41, 5.74) is 0.237. The molecule has 4 rings (SSSR count). The Bertz CT molecular complexity index is 562. The van der Waals surface area contributed by atoms with E-state index in [2.05, 4.69) is 21.8 Å². The van der Waals surface area contributed by atoms with Crippen LogP contribution in [0.1, 0.15) is 51.5 Å². The SMILES string of the molecule is CCO[C@H]1C[C@@H](NC(=O)N2CCC(n3ccnc3)CC2)C12CCC2. The molecule has 3 fully saturated rings.